The van der Waals surface area contributed by atoms with E-state index in [0.717, 1.165) is 25.7 Å². The van der Waals surface area contributed by atoms with Gasteiger partial charge in [0.25, 0.3) is 0 Å². The number of ether oxygens (including phenoxy) is 2. The summed E-state index contributed by atoms with van der Waals surface area (Å²) in [5.74, 6) is -2.96. The summed E-state index contributed by atoms with van der Waals surface area (Å²) < 4.78 is 9.95. The number of hydrogen-bond acceptors (Lipinski definition) is 6. The monoisotopic (exact) mass is 332 g/mol. The first-order valence-electron chi connectivity index (χ1n) is 8.25. The molecule has 2 amide bonds. The van der Waals surface area contributed by atoms with Crippen LogP contribution in [0, 0.1) is 5.92 Å². The lowest BCUT2D eigenvalue weighted by atomic mass is 10.0. The predicted molar refractivity (Wildman–Crippen MR) is 82.5 cm³/mol. The lowest BCUT2D eigenvalue weighted by Crippen LogP contribution is -2.49. The van der Waals surface area contributed by atoms with E-state index in [2.05, 4.69) is 10.6 Å². The number of amides is 2. The zero-order valence-electron chi connectivity index (χ0n) is 13.7. The van der Waals surface area contributed by atoms with Gasteiger partial charge in [0.1, 0.15) is 0 Å². The molecule has 8 heteroatoms. The lowest BCUT2D eigenvalue weighted by molar-refractivity contribution is -0.330. The van der Waals surface area contributed by atoms with Crippen LogP contribution < -0.4 is 10.6 Å². The maximum Gasteiger partial charge on any atom is 0.412 e. The highest BCUT2D eigenvalue weighted by molar-refractivity contribution is 5.69. The van der Waals surface area contributed by atoms with E-state index in [4.69, 9.17) is 14.6 Å². The second kappa shape index (κ2) is 10.3. The van der Waals surface area contributed by atoms with Crippen LogP contribution in [0.4, 0.5) is 9.59 Å². The van der Waals surface area contributed by atoms with Crippen molar-refractivity contribution in [3.63, 3.8) is 0 Å². The summed E-state index contributed by atoms with van der Waals surface area (Å²) in [7, 11) is 0. The van der Waals surface area contributed by atoms with Gasteiger partial charge in [-0.3, -0.25) is 0 Å². The van der Waals surface area contributed by atoms with Crippen LogP contribution >= 0.6 is 0 Å². The Morgan fingerprint density at radius 1 is 1.04 bits per heavy atom. The minimum atomic E-state index is -2.34. The van der Waals surface area contributed by atoms with Crippen LogP contribution in [0.3, 0.4) is 0 Å². The number of aliphatic hydroxyl groups excluding tert-OH is 1. The van der Waals surface area contributed by atoms with E-state index in [0.29, 0.717) is 32.4 Å². The van der Waals surface area contributed by atoms with Gasteiger partial charge >= 0.3 is 18.2 Å². The van der Waals surface area contributed by atoms with Gasteiger partial charge in [0.05, 0.1) is 5.92 Å². The van der Waals surface area contributed by atoms with Crippen LogP contribution in [0.15, 0.2) is 0 Å². The van der Waals surface area contributed by atoms with Crippen LogP contribution in [0.2, 0.25) is 0 Å². The standard InChI is InChI=1S/C15H28N2O6/c1-12(8-4-7-11-18)15(21)22-13(19)16-9-5-2-3-6-10-17-14(20)23-15/h12,18,21H,2-11H2,1H3,(H,16,19)(H,17,20). The van der Waals surface area contributed by atoms with Gasteiger partial charge in [-0.2, -0.15) is 0 Å². The molecule has 0 aromatic rings. The van der Waals surface area contributed by atoms with E-state index < -0.39 is 24.1 Å². The molecule has 8 nitrogen and oxygen atoms in total. The molecule has 0 aliphatic carbocycles. The number of aliphatic hydroxyl groups is 2. The van der Waals surface area contributed by atoms with E-state index in [1.807, 2.05) is 0 Å². The Kier molecular flexibility index (Phi) is 8.71. The van der Waals surface area contributed by atoms with Crippen molar-refractivity contribution in [2.75, 3.05) is 19.7 Å². The Morgan fingerprint density at radius 2 is 1.57 bits per heavy atom. The Hall–Kier alpha value is -1.54. The number of carbonyl (C=O) groups is 2. The summed E-state index contributed by atoms with van der Waals surface area (Å²) >= 11 is 0. The van der Waals surface area contributed by atoms with Crippen molar-refractivity contribution in [1.82, 2.24) is 10.6 Å². The van der Waals surface area contributed by atoms with E-state index in [1.165, 1.54) is 0 Å². The maximum absolute atomic E-state index is 11.8. The molecule has 0 radical (unpaired) electrons. The number of unbranched alkanes of at least 4 members (excludes halogenated alkanes) is 1. The lowest BCUT2D eigenvalue weighted by Gasteiger charge is -2.32. The van der Waals surface area contributed by atoms with Crippen molar-refractivity contribution in [3.8, 4) is 0 Å². The molecular formula is C15H28N2O6. The molecule has 1 aliphatic rings. The molecule has 0 aromatic carbocycles. The number of carbonyl (C=O) groups excluding carboxylic acids is 2. The summed E-state index contributed by atoms with van der Waals surface area (Å²) in [6.45, 7) is 2.54. The third-order valence-electron chi connectivity index (χ3n) is 3.79. The quantitative estimate of drug-likeness (QED) is 0.566. The molecule has 0 bridgehead atoms. The van der Waals surface area contributed by atoms with E-state index >= 15 is 0 Å². The molecule has 4 N–H and O–H groups in total. The van der Waals surface area contributed by atoms with Crippen LogP contribution in [0.5, 0.6) is 0 Å². The van der Waals surface area contributed by atoms with Crippen LogP contribution in [0.25, 0.3) is 0 Å². The molecule has 1 fully saturated rings. The third-order valence-corrected chi connectivity index (χ3v) is 3.79. The molecule has 1 saturated heterocycles. The van der Waals surface area contributed by atoms with E-state index in [9.17, 15) is 14.7 Å². The molecule has 1 rings (SSSR count). The van der Waals surface area contributed by atoms with Crippen molar-refractivity contribution in [1.29, 1.82) is 0 Å². The Morgan fingerprint density at radius 3 is 2.04 bits per heavy atom. The Labute approximate surface area is 136 Å². The minimum absolute atomic E-state index is 0.0356. The number of rotatable bonds is 5. The molecule has 134 valence electrons. The van der Waals surface area contributed by atoms with Crippen molar-refractivity contribution >= 4 is 12.2 Å². The molecular weight excluding hydrogens is 304 g/mol. The summed E-state index contributed by atoms with van der Waals surface area (Å²) in [6, 6.07) is 0. The summed E-state index contributed by atoms with van der Waals surface area (Å²) in [5.41, 5.74) is 0. The number of cyclic esters (lactones) is 2. The SMILES string of the molecule is CC(CCCCO)C1(O)OC(=O)NCCCCCCNC(=O)O1. The van der Waals surface area contributed by atoms with Crippen molar-refractivity contribution in [3.05, 3.63) is 0 Å². The molecule has 1 heterocycles. The maximum atomic E-state index is 11.8. The van der Waals surface area contributed by atoms with Crippen LogP contribution in [0.1, 0.15) is 51.9 Å². The van der Waals surface area contributed by atoms with Crippen LogP contribution in [-0.2, 0) is 9.47 Å². The topological polar surface area (TPSA) is 117 Å². The van der Waals surface area contributed by atoms with Gasteiger partial charge in [-0.05, 0) is 25.7 Å². The first-order chi connectivity index (χ1) is 11.0. The number of hydrogen-bond donors (Lipinski definition) is 4. The summed E-state index contributed by atoms with van der Waals surface area (Å²) in [6.07, 6.45) is 3.40. The van der Waals surface area contributed by atoms with E-state index in [-0.39, 0.29) is 6.61 Å². The molecule has 0 aromatic heterocycles. The highest BCUT2D eigenvalue weighted by Crippen LogP contribution is 2.26. The average Bonchev–Trinajstić information content (AvgIpc) is 2.50. The normalized spacial score (nSPS) is 21.3. The number of alkyl carbamates (subject to hydrolysis) is 2. The highest BCUT2D eigenvalue weighted by Gasteiger charge is 2.42. The Bertz CT molecular complexity index is 353. The predicted octanol–water partition coefficient (Wildman–Crippen LogP) is 1.46. The smallest absolute Gasteiger partial charge is 0.396 e. The first-order valence-corrected chi connectivity index (χ1v) is 8.25. The molecule has 0 spiro atoms. The van der Waals surface area contributed by atoms with Crippen molar-refractivity contribution in [2.24, 2.45) is 5.92 Å². The van der Waals surface area contributed by atoms with E-state index in [1.54, 1.807) is 6.92 Å². The number of nitrogens with one attached hydrogen (secondary N) is 2. The fourth-order valence-corrected chi connectivity index (χ4v) is 2.29. The van der Waals surface area contributed by atoms with Crippen molar-refractivity contribution in [2.45, 2.75) is 57.8 Å². The van der Waals surface area contributed by atoms with Crippen molar-refractivity contribution < 1.29 is 29.3 Å². The summed E-state index contributed by atoms with van der Waals surface area (Å²) in [5, 5.41) is 24.4. The first kappa shape index (κ1) is 19.5. The fourth-order valence-electron chi connectivity index (χ4n) is 2.29. The minimum Gasteiger partial charge on any atom is -0.396 e. The van der Waals surface area contributed by atoms with Gasteiger partial charge < -0.3 is 30.3 Å². The highest BCUT2D eigenvalue weighted by atomic mass is 16.8. The molecule has 1 aliphatic heterocycles. The Balaban J connectivity index is 2.73. The van der Waals surface area contributed by atoms with Gasteiger partial charge in [-0.1, -0.05) is 26.2 Å². The van der Waals surface area contributed by atoms with Gasteiger partial charge in [-0.15, -0.1) is 0 Å². The third kappa shape index (κ3) is 7.51. The molecule has 1 unspecified atom stereocenters. The second-order valence-electron chi connectivity index (χ2n) is 5.80. The largest absolute Gasteiger partial charge is 0.412 e. The van der Waals surface area contributed by atoms with Crippen LogP contribution in [-0.4, -0.2) is 48.1 Å². The zero-order valence-corrected chi connectivity index (χ0v) is 13.7. The van der Waals surface area contributed by atoms with Gasteiger partial charge in [-0.25, -0.2) is 9.59 Å². The second-order valence-corrected chi connectivity index (χ2v) is 5.80. The summed E-state index contributed by atoms with van der Waals surface area (Å²) in [4.78, 5) is 23.6. The molecule has 23 heavy (non-hydrogen) atoms. The molecule has 0 saturated carbocycles. The zero-order chi connectivity index (χ0) is 17.1. The van der Waals surface area contributed by atoms with Gasteiger partial charge in [0.2, 0.25) is 0 Å². The average molecular weight is 332 g/mol. The van der Waals surface area contributed by atoms with Gasteiger partial charge in [0.15, 0.2) is 0 Å². The fraction of sp³-hybridized carbons (Fsp3) is 0.867. The van der Waals surface area contributed by atoms with Gasteiger partial charge in [0, 0.05) is 19.7 Å². The molecule has 1 atom stereocenters.